The minimum Gasteiger partial charge on any atom is -0.393 e. The standard InChI is InChI=1S/C15H20F3NO/c1-11(20)9-14-3-2-8-19(14)10-12-4-6-13(7-5-12)15(16,17)18/h4-7,11,14,20H,2-3,8-10H2,1H3. The third-order valence-corrected chi connectivity index (χ3v) is 3.78. The van der Waals surface area contributed by atoms with E-state index in [2.05, 4.69) is 4.90 Å². The molecule has 2 nitrogen and oxygen atoms in total. The zero-order chi connectivity index (χ0) is 14.8. The molecule has 0 saturated carbocycles. The van der Waals surface area contributed by atoms with E-state index in [0.29, 0.717) is 12.6 Å². The molecule has 0 spiro atoms. The molecule has 1 aliphatic rings. The Bertz CT molecular complexity index is 428. The van der Waals surface area contributed by atoms with Gasteiger partial charge in [0, 0.05) is 12.6 Å². The van der Waals surface area contributed by atoms with Crippen molar-refractivity contribution in [3.8, 4) is 0 Å². The number of benzene rings is 1. The summed E-state index contributed by atoms with van der Waals surface area (Å²) >= 11 is 0. The average Bonchev–Trinajstić information content (AvgIpc) is 2.75. The van der Waals surface area contributed by atoms with E-state index in [9.17, 15) is 18.3 Å². The molecule has 0 aliphatic carbocycles. The fraction of sp³-hybridized carbons (Fsp3) is 0.600. The van der Waals surface area contributed by atoms with Crippen LogP contribution in [0.15, 0.2) is 24.3 Å². The molecule has 20 heavy (non-hydrogen) atoms. The predicted octanol–water partition coefficient (Wildman–Crippen LogP) is 3.44. The van der Waals surface area contributed by atoms with E-state index in [4.69, 9.17) is 0 Å². The number of alkyl halides is 3. The number of rotatable bonds is 4. The summed E-state index contributed by atoms with van der Waals surface area (Å²) in [6.45, 7) is 3.36. The van der Waals surface area contributed by atoms with Crippen molar-refractivity contribution in [3.63, 3.8) is 0 Å². The van der Waals surface area contributed by atoms with Crippen LogP contribution in [-0.2, 0) is 12.7 Å². The SMILES string of the molecule is CC(O)CC1CCCN1Cc1ccc(C(F)(F)F)cc1. The quantitative estimate of drug-likeness (QED) is 0.917. The zero-order valence-corrected chi connectivity index (χ0v) is 11.5. The molecule has 2 atom stereocenters. The molecule has 5 heteroatoms. The van der Waals surface area contributed by atoms with Crippen molar-refractivity contribution in [3.05, 3.63) is 35.4 Å². The number of hydrogen-bond acceptors (Lipinski definition) is 2. The molecule has 0 radical (unpaired) electrons. The van der Waals surface area contributed by atoms with Gasteiger partial charge >= 0.3 is 6.18 Å². The number of aliphatic hydroxyl groups is 1. The molecule has 2 rings (SSSR count). The lowest BCUT2D eigenvalue weighted by Gasteiger charge is -2.25. The predicted molar refractivity (Wildman–Crippen MR) is 71.2 cm³/mol. The maximum Gasteiger partial charge on any atom is 0.416 e. The van der Waals surface area contributed by atoms with Gasteiger partial charge in [-0.15, -0.1) is 0 Å². The summed E-state index contributed by atoms with van der Waals surface area (Å²) in [7, 11) is 0. The molecule has 1 aliphatic heterocycles. The van der Waals surface area contributed by atoms with E-state index < -0.39 is 11.7 Å². The highest BCUT2D eigenvalue weighted by molar-refractivity contribution is 5.24. The summed E-state index contributed by atoms with van der Waals surface area (Å²) < 4.78 is 37.5. The van der Waals surface area contributed by atoms with Crippen LogP contribution in [0.3, 0.4) is 0 Å². The van der Waals surface area contributed by atoms with Crippen LogP contribution in [0.1, 0.15) is 37.3 Å². The van der Waals surface area contributed by atoms with Gasteiger partial charge < -0.3 is 5.11 Å². The molecule has 1 aromatic carbocycles. The van der Waals surface area contributed by atoms with Gasteiger partial charge in [-0.05, 0) is 50.4 Å². The molecule has 1 aromatic rings. The van der Waals surface area contributed by atoms with Crippen LogP contribution in [0.25, 0.3) is 0 Å². The van der Waals surface area contributed by atoms with Crippen LogP contribution in [0.5, 0.6) is 0 Å². The number of aliphatic hydroxyl groups excluding tert-OH is 1. The molecule has 0 aromatic heterocycles. The number of nitrogens with zero attached hydrogens (tertiary/aromatic N) is 1. The van der Waals surface area contributed by atoms with Gasteiger partial charge in [-0.2, -0.15) is 13.2 Å². The molecular formula is C15H20F3NO. The lowest BCUT2D eigenvalue weighted by molar-refractivity contribution is -0.137. The lowest BCUT2D eigenvalue weighted by Crippen LogP contribution is -2.31. The van der Waals surface area contributed by atoms with Crippen LogP contribution in [0.2, 0.25) is 0 Å². The van der Waals surface area contributed by atoms with Crippen LogP contribution in [-0.4, -0.2) is 28.7 Å². The first-order valence-electron chi connectivity index (χ1n) is 6.94. The highest BCUT2D eigenvalue weighted by Gasteiger charge is 2.30. The number of likely N-dealkylation sites (tertiary alicyclic amines) is 1. The number of hydrogen-bond donors (Lipinski definition) is 1. The van der Waals surface area contributed by atoms with Crippen molar-refractivity contribution in [1.29, 1.82) is 0 Å². The lowest BCUT2D eigenvalue weighted by atomic mass is 10.1. The Labute approximate surface area is 117 Å². The Morgan fingerprint density at radius 1 is 1.30 bits per heavy atom. The largest absolute Gasteiger partial charge is 0.416 e. The van der Waals surface area contributed by atoms with E-state index in [1.165, 1.54) is 0 Å². The minimum atomic E-state index is -4.28. The molecule has 112 valence electrons. The van der Waals surface area contributed by atoms with Gasteiger partial charge in [-0.1, -0.05) is 12.1 Å². The van der Waals surface area contributed by atoms with Crippen LogP contribution >= 0.6 is 0 Å². The summed E-state index contributed by atoms with van der Waals surface area (Å²) in [5.41, 5.74) is 0.277. The third-order valence-electron chi connectivity index (χ3n) is 3.78. The Morgan fingerprint density at radius 3 is 2.50 bits per heavy atom. The monoisotopic (exact) mass is 287 g/mol. The number of halogens is 3. The van der Waals surface area contributed by atoms with Gasteiger partial charge in [0.25, 0.3) is 0 Å². The van der Waals surface area contributed by atoms with E-state index in [1.807, 2.05) is 0 Å². The second kappa shape index (κ2) is 6.14. The van der Waals surface area contributed by atoms with Crippen LogP contribution in [0, 0.1) is 0 Å². The van der Waals surface area contributed by atoms with Crippen molar-refractivity contribution >= 4 is 0 Å². The summed E-state index contributed by atoms with van der Waals surface area (Å²) in [5, 5.41) is 9.47. The normalized spacial score (nSPS) is 22.1. The first-order chi connectivity index (χ1) is 9.36. The zero-order valence-electron chi connectivity index (χ0n) is 11.5. The molecule has 0 bridgehead atoms. The average molecular weight is 287 g/mol. The fourth-order valence-electron chi connectivity index (χ4n) is 2.80. The van der Waals surface area contributed by atoms with Crippen molar-refractivity contribution < 1.29 is 18.3 Å². The second-order valence-electron chi connectivity index (χ2n) is 5.55. The molecule has 1 N–H and O–H groups in total. The summed E-state index contributed by atoms with van der Waals surface area (Å²) in [6.07, 6.45) is -1.77. The van der Waals surface area contributed by atoms with Gasteiger partial charge in [-0.25, -0.2) is 0 Å². The summed E-state index contributed by atoms with van der Waals surface area (Å²) in [5.74, 6) is 0. The van der Waals surface area contributed by atoms with Gasteiger partial charge in [0.05, 0.1) is 11.7 Å². The van der Waals surface area contributed by atoms with Gasteiger partial charge in [-0.3, -0.25) is 4.90 Å². The molecule has 0 amide bonds. The summed E-state index contributed by atoms with van der Waals surface area (Å²) in [4.78, 5) is 2.25. The van der Waals surface area contributed by atoms with Crippen LogP contribution in [0.4, 0.5) is 13.2 Å². The van der Waals surface area contributed by atoms with E-state index in [0.717, 1.165) is 43.5 Å². The smallest absolute Gasteiger partial charge is 0.393 e. The third kappa shape index (κ3) is 3.96. The fourth-order valence-corrected chi connectivity index (χ4v) is 2.80. The molecular weight excluding hydrogens is 267 g/mol. The first kappa shape index (κ1) is 15.3. The van der Waals surface area contributed by atoms with Gasteiger partial charge in [0.2, 0.25) is 0 Å². The minimum absolute atomic E-state index is 0.331. The van der Waals surface area contributed by atoms with Crippen molar-refractivity contribution in [2.45, 2.75) is 51.1 Å². The van der Waals surface area contributed by atoms with Gasteiger partial charge in [0.1, 0.15) is 0 Å². The Morgan fingerprint density at radius 2 is 1.95 bits per heavy atom. The highest BCUT2D eigenvalue weighted by atomic mass is 19.4. The molecule has 1 heterocycles. The Kier molecular flexibility index (Phi) is 4.70. The Hall–Kier alpha value is -1.07. The van der Waals surface area contributed by atoms with E-state index >= 15 is 0 Å². The summed E-state index contributed by atoms with van der Waals surface area (Å²) in [6, 6.07) is 5.68. The highest BCUT2D eigenvalue weighted by Crippen LogP contribution is 2.30. The second-order valence-corrected chi connectivity index (χ2v) is 5.55. The van der Waals surface area contributed by atoms with Crippen LogP contribution < -0.4 is 0 Å². The Balaban J connectivity index is 1.99. The van der Waals surface area contributed by atoms with Crippen molar-refractivity contribution in [1.82, 2.24) is 4.90 Å². The van der Waals surface area contributed by atoms with E-state index in [1.54, 1.807) is 19.1 Å². The van der Waals surface area contributed by atoms with Crippen molar-refractivity contribution in [2.24, 2.45) is 0 Å². The maximum atomic E-state index is 12.5. The van der Waals surface area contributed by atoms with E-state index in [-0.39, 0.29) is 6.10 Å². The molecule has 1 saturated heterocycles. The maximum absolute atomic E-state index is 12.5. The van der Waals surface area contributed by atoms with Gasteiger partial charge in [0.15, 0.2) is 0 Å². The van der Waals surface area contributed by atoms with Crippen molar-refractivity contribution in [2.75, 3.05) is 6.54 Å². The topological polar surface area (TPSA) is 23.5 Å². The molecule has 2 unspecified atom stereocenters. The first-order valence-corrected chi connectivity index (χ1v) is 6.94. The molecule has 1 fully saturated rings.